The number of rotatable bonds is 6. The summed E-state index contributed by atoms with van der Waals surface area (Å²) in [7, 11) is -2.29. The molecule has 0 saturated carbocycles. The lowest BCUT2D eigenvalue weighted by Gasteiger charge is -2.07. The van der Waals surface area contributed by atoms with Crippen LogP contribution in [0.25, 0.3) is 0 Å². The summed E-state index contributed by atoms with van der Waals surface area (Å²) < 4.78 is 25.3. The van der Waals surface area contributed by atoms with Crippen LogP contribution in [0.2, 0.25) is 0 Å². The average molecular weight is 286 g/mol. The molecule has 0 fully saturated rings. The molecule has 0 aliphatic heterocycles. The predicted octanol–water partition coefficient (Wildman–Crippen LogP) is 0.398. The number of carbonyl (C=O) groups is 2. The number of sulfonamides is 1. The van der Waals surface area contributed by atoms with Gasteiger partial charge in [-0.1, -0.05) is 6.07 Å². The lowest BCUT2D eigenvalue weighted by molar-refractivity contribution is -0.138. The van der Waals surface area contributed by atoms with Crippen molar-refractivity contribution >= 4 is 27.6 Å². The fourth-order valence-electron chi connectivity index (χ4n) is 1.30. The first-order chi connectivity index (χ1) is 8.85. The van der Waals surface area contributed by atoms with Gasteiger partial charge in [-0.3, -0.25) is 9.59 Å². The summed E-state index contributed by atoms with van der Waals surface area (Å²) in [5.74, 6) is -1.55. The zero-order chi connectivity index (χ0) is 14.5. The smallest absolute Gasteiger partial charge is 0.303 e. The molecule has 0 unspecified atom stereocenters. The normalized spacial score (nSPS) is 11.0. The van der Waals surface area contributed by atoms with Crippen LogP contribution in [0.1, 0.15) is 12.8 Å². The summed E-state index contributed by atoms with van der Waals surface area (Å²) >= 11 is 0. The highest BCUT2D eigenvalue weighted by molar-refractivity contribution is 7.89. The molecule has 0 spiro atoms. The summed E-state index contributed by atoms with van der Waals surface area (Å²) in [5.41, 5.74) is 0.298. The van der Waals surface area contributed by atoms with Gasteiger partial charge in [-0.15, -0.1) is 0 Å². The highest BCUT2D eigenvalue weighted by Crippen LogP contribution is 2.15. The van der Waals surface area contributed by atoms with E-state index >= 15 is 0 Å². The Morgan fingerprint density at radius 1 is 1.26 bits per heavy atom. The van der Waals surface area contributed by atoms with Crippen molar-refractivity contribution in [1.82, 2.24) is 4.72 Å². The van der Waals surface area contributed by atoms with Crippen molar-refractivity contribution in [3.63, 3.8) is 0 Å². The van der Waals surface area contributed by atoms with Gasteiger partial charge in [-0.2, -0.15) is 0 Å². The van der Waals surface area contributed by atoms with E-state index in [0.717, 1.165) is 0 Å². The highest BCUT2D eigenvalue weighted by Gasteiger charge is 2.12. The van der Waals surface area contributed by atoms with Crippen molar-refractivity contribution in [2.45, 2.75) is 17.7 Å². The van der Waals surface area contributed by atoms with Crippen LogP contribution in [0.5, 0.6) is 0 Å². The molecule has 0 radical (unpaired) electrons. The molecule has 1 rings (SSSR count). The molecule has 0 saturated heterocycles. The minimum absolute atomic E-state index is 0.0195. The number of carboxylic acids is 1. The van der Waals surface area contributed by atoms with E-state index in [2.05, 4.69) is 10.0 Å². The van der Waals surface area contributed by atoms with Crippen molar-refractivity contribution in [1.29, 1.82) is 0 Å². The van der Waals surface area contributed by atoms with E-state index in [4.69, 9.17) is 5.11 Å². The van der Waals surface area contributed by atoms with E-state index < -0.39 is 21.9 Å². The Kier molecular flexibility index (Phi) is 5.02. The van der Waals surface area contributed by atoms with Gasteiger partial charge in [-0.25, -0.2) is 13.1 Å². The maximum atomic E-state index is 11.6. The van der Waals surface area contributed by atoms with Gasteiger partial charge in [0, 0.05) is 12.1 Å². The molecule has 7 nitrogen and oxygen atoms in total. The number of benzene rings is 1. The van der Waals surface area contributed by atoms with Gasteiger partial charge < -0.3 is 10.4 Å². The molecule has 1 amide bonds. The third kappa shape index (κ3) is 4.68. The third-order valence-corrected chi connectivity index (χ3v) is 3.67. The molecule has 8 heteroatoms. The molecule has 0 aromatic heterocycles. The Balaban J connectivity index is 2.78. The van der Waals surface area contributed by atoms with Gasteiger partial charge >= 0.3 is 5.97 Å². The van der Waals surface area contributed by atoms with Crippen LogP contribution in [-0.4, -0.2) is 32.4 Å². The van der Waals surface area contributed by atoms with E-state index in [1.165, 1.54) is 31.3 Å². The highest BCUT2D eigenvalue weighted by atomic mass is 32.2. The van der Waals surface area contributed by atoms with Crippen LogP contribution in [-0.2, 0) is 19.6 Å². The van der Waals surface area contributed by atoms with E-state index in [9.17, 15) is 18.0 Å². The molecule has 0 aliphatic carbocycles. The van der Waals surface area contributed by atoms with Crippen LogP contribution >= 0.6 is 0 Å². The molecule has 1 aromatic rings. The fourth-order valence-corrected chi connectivity index (χ4v) is 2.08. The standard InChI is InChI=1S/C11H14N2O5S/c1-12-19(17,18)9-4-2-3-8(7-9)13-10(14)5-6-11(15)16/h2-4,7,12H,5-6H2,1H3,(H,13,14)(H,15,16). The summed E-state index contributed by atoms with van der Waals surface area (Å²) in [6.07, 6.45) is -0.446. The monoisotopic (exact) mass is 286 g/mol. The van der Waals surface area contributed by atoms with Crippen LogP contribution in [0, 0.1) is 0 Å². The first-order valence-electron chi connectivity index (χ1n) is 5.40. The molecular weight excluding hydrogens is 272 g/mol. The average Bonchev–Trinajstić information content (AvgIpc) is 2.36. The molecule has 19 heavy (non-hydrogen) atoms. The number of carboxylic acid groups (broad SMARTS) is 1. The molecule has 0 atom stereocenters. The molecule has 1 aromatic carbocycles. The van der Waals surface area contributed by atoms with Gasteiger partial charge in [0.15, 0.2) is 0 Å². The number of aliphatic carboxylic acids is 1. The second-order valence-corrected chi connectivity index (χ2v) is 5.56. The second kappa shape index (κ2) is 6.30. The Labute approximate surface area is 110 Å². The van der Waals surface area contributed by atoms with Crippen LogP contribution in [0.3, 0.4) is 0 Å². The second-order valence-electron chi connectivity index (χ2n) is 3.68. The van der Waals surface area contributed by atoms with E-state index in [-0.39, 0.29) is 17.7 Å². The Hall–Kier alpha value is -1.93. The number of anilines is 1. The zero-order valence-electron chi connectivity index (χ0n) is 10.2. The largest absolute Gasteiger partial charge is 0.481 e. The molecular formula is C11H14N2O5S. The number of hydrogen-bond acceptors (Lipinski definition) is 4. The molecule has 0 bridgehead atoms. The van der Waals surface area contributed by atoms with Gasteiger partial charge in [0.25, 0.3) is 0 Å². The minimum atomic E-state index is -3.58. The van der Waals surface area contributed by atoms with Crippen molar-refractivity contribution in [2.75, 3.05) is 12.4 Å². The number of nitrogens with one attached hydrogen (secondary N) is 2. The summed E-state index contributed by atoms with van der Waals surface area (Å²) in [6.45, 7) is 0. The lowest BCUT2D eigenvalue weighted by atomic mass is 10.2. The van der Waals surface area contributed by atoms with E-state index in [1.54, 1.807) is 0 Å². The van der Waals surface area contributed by atoms with Gasteiger partial charge in [-0.05, 0) is 25.2 Å². The number of carbonyl (C=O) groups excluding carboxylic acids is 1. The van der Waals surface area contributed by atoms with Crippen molar-refractivity contribution < 1.29 is 23.1 Å². The quantitative estimate of drug-likeness (QED) is 0.700. The van der Waals surface area contributed by atoms with Gasteiger partial charge in [0.05, 0.1) is 11.3 Å². The topological polar surface area (TPSA) is 113 Å². The Morgan fingerprint density at radius 2 is 1.95 bits per heavy atom. The van der Waals surface area contributed by atoms with Crippen molar-refractivity contribution in [3.8, 4) is 0 Å². The first-order valence-corrected chi connectivity index (χ1v) is 6.89. The molecule has 0 aliphatic rings. The molecule has 104 valence electrons. The van der Waals surface area contributed by atoms with E-state index in [1.807, 2.05) is 0 Å². The Morgan fingerprint density at radius 3 is 2.53 bits per heavy atom. The van der Waals surface area contributed by atoms with E-state index in [0.29, 0.717) is 5.69 Å². The summed E-state index contributed by atoms with van der Waals surface area (Å²) in [6, 6.07) is 5.69. The zero-order valence-corrected chi connectivity index (χ0v) is 11.0. The predicted molar refractivity (Wildman–Crippen MR) is 68.2 cm³/mol. The Bertz CT molecular complexity index is 583. The van der Waals surface area contributed by atoms with Gasteiger partial charge in [0.2, 0.25) is 15.9 Å². The van der Waals surface area contributed by atoms with Gasteiger partial charge in [0.1, 0.15) is 0 Å². The first kappa shape index (κ1) is 15.1. The maximum absolute atomic E-state index is 11.6. The number of hydrogen-bond donors (Lipinski definition) is 3. The number of amides is 1. The third-order valence-electron chi connectivity index (χ3n) is 2.26. The van der Waals surface area contributed by atoms with Crippen LogP contribution in [0.4, 0.5) is 5.69 Å². The van der Waals surface area contributed by atoms with Crippen molar-refractivity contribution in [2.24, 2.45) is 0 Å². The molecule has 3 N–H and O–H groups in total. The van der Waals surface area contributed by atoms with Crippen LogP contribution < -0.4 is 10.0 Å². The summed E-state index contributed by atoms with van der Waals surface area (Å²) in [4.78, 5) is 21.7. The SMILES string of the molecule is CNS(=O)(=O)c1cccc(NC(=O)CCC(=O)O)c1. The lowest BCUT2D eigenvalue weighted by Crippen LogP contribution is -2.19. The van der Waals surface area contributed by atoms with Crippen molar-refractivity contribution in [3.05, 3.63) is 24.3 Å². The molecule has 0 heterocycles. The maximum Gasteiger partial charge on any atom is 0.303 e. The fraction of sp³-hybridized carbons (Fsp3) is 0.273. The van der Waals surface area contributed by atoms with Crippen LogP contribution in [0.15, 0.2) is 29.2 Å². The summed E-state index contributed by atoms with van der Waals surface area (Å²) in [5, 5.41) is 10.9. The minimum Gasteiger partial charge on any atom is -0.481 e.